The number of fused-ring (bicyclic) bond motifs is 1. The predicted octanol–water partition coefficient (Wildman–Crippen LogP) is 2.70. The second kappa shape index (κ2) is 5.48. The quantitative estimate of drug-likeness (QED) is 0.838. The molecule has 0 fully saturated rings. The average Bonchev–Trinajstić information content (AvgIpc) is 2.83. The number of benzene rings is 1. The SMILES string of the molecule is C=C(O/C(=C\N)CC)n1c(OC)nc2ccccc21. The topological polar surface area (TPSA) is 62.3 Å². The van der Waals surface area contributed by atoms with Crippen molar-refractivity contribution in [3.05, 3.63) is 42.8 Å². The van der Waals surface area contributed by atoms with Crippen LogP contribution >= 0.6 is 0 Å². The molecule has 100 valence electrons. The van der Waals surface area contributed by atoms with Gasteiger partial charge >= 0.3 is 6.01 Å². The van der Waals surface area contributed by atoms with Gasteiger partial charge in [0.1, 0.15) is 5.76 Å². The van der Waals surface area contributed by atoms with Crippen LogP contribution in [0.1, 0.15) is 13.3 Å². The van der Waals surface area contributed by atoms with Crippen LogP contribution in [0.5, 0.6) is 6.01 Å². The minimum atomic E-state index is 0.407. The van der Waals surface area contributed by atoms with Crippen molar-refractivity contribution in [2.75, 3.05) is 7.11 Å². The van der Waals surface area contributed by atoms with E-state index in [0.29, 0.717) is 24.1 Å². The van der Waals surface area contributed by atoms with Crippen molar-refractivity contribution in [1.82, 2.24) is 9.55 Å². The zero-order valence-corrected chi connectivity index (χ0v) is 11.1. The third-order valence-corrected chi connectivity index (χ3v) is 2.75. The molecule has 2 N–H and O–H groups in total. The van der Waals surface area contributed by atoms with Crippen molar-refractivity contribution >= 4 is 16.9 Å². The molecule has 0 spiro atoms. The van der Waals surface area contributed by atoms with Crippen LogP contribution in [0.4, 0.5) is 0 Å². The molecule has 0 atom stereocenters. The van der Waals surface area contributed by atoms with Crippen molar-refractivity contribution in [3.63, 3.8) is 0 Å². The number of imidazole rings is 1. The predicted molar refractivity (Wildman–Crippen MR) is 75.3 cm³/mol. The zero-order valence-electron chi connectivity index (χ0n) is 11.1. The Bertz CT molecular complexity index is 629. The van der Waals surface area contributed by atoms with E-state index in [1.165, 1.54) is 6.20 Å². The van der Waals surface area contributed by atoms with Gasteiger partial charge < -0.3 is 15.2 Å². The maximum atomic E-state index is 5.63. The van der Waals surface area contributed by atoms with Gasteiger partial charge in [-0.1, -0.05) is 19.1 Å². The lowest BCUT2D eigenvalue weighted by Gasteiger charge is -2.13. The Morgan fingerprint density at radius 1 is 1.47 bits per heavy atom. The fourth-order valence-electron chi connectivity index (χ4n) is 1.80. The van der Waals surface area contributed by atoms with Gasteiger partial charge in [0, 0.05) is 12.6 Å². The minimum Gasteiger partial charge on any atom is -0.468 e. The molecule has 5 heteroatoms. The fraction of sp³-hybridized carbons (Fsp3) is 0.214. The van der Waals surface area contributed by atoms with E-state index in [2.05, 4.69) is 11.6 Å². The number of nitrogens with two attached hydrogens (primary N) is 1. The van der Waals surface area contributed by atoms with Crippen LogP contribution in [-0.4, -0.2) is 16.7 Å². The molecule has 2 rings (SSSR count). The van der Waals surface area contributed by atoms with E-state index in [1.807, 2.05) is 31.2 Å². The fourth-order valence-corrected chi connectivity index (χ4v) is 1.80. The standard InChI is InChI=1S/C14H17N3O2/c1-4-11(9-15)19-10(2)17-13-8-6-5-7-12(13)16-14(17)18-3/h5-9H,2,4,15H2,1,3H3/b11-9-. The highest BCUT2D eigenvalue weighted by Crippen LogP contribution is 2.26. The van der Waals surface area contributed by atoms with Gasteiger partial charge in [0.05, 0.1) is 18.1 Å². The third-order valence-electron chi connectivity index (χ3n) is 2.75. The van der Waals surface area contributed by atoms with Crippen molar-refractivity contribution in [3.8, 4) is 6.01 Å². The first-order valence-electron chi connectivity index (χ1n) is 6.00. The first-order chi connectivity index (χ1) is 9.21. The summed E-state index contributed by atoms with van der Waals surface area (Å²) in [4.78, 5) is 4.36. The number of para-hydroxylation sites is 2. The smallest absolute Gasteiger partial charge is 0.304 e. The number of allylic oxidation sites excluding steroid dienone is 1. The summed E-state index contributed by atoms with van der Waals surface area (Å²) < 4.78 is 12.6. The Kier molecular flexibility index (Phi) is 3.75. The summed E-state index contributed by atoms with van der Waals surface area (Å²) in [5.74, 6) is 1.05. The van der Waals surface area contributed by atoms with Crippen LogP contribution in [0, 0.1) is 0 Å². The zero-order chi connectivity index (χ0) is 13.8. The number of hydrogen-bond acceptors (Lipinski definition) is 4. The van der Waals surface area contributed by atoms with Crippen LogP contribution in [0.2, 0.25) is 0 Å². The van der Waals surface area contributed by atoms with Gasteiger partial charge in [0.25, 0.3) is 0 Å². The number of nitrogens with zero attached hydrogens (tertiary/aromatic N) is 2. The lowest BCUT2D eigenvalue weighted by Crippen LogP contribution is -2.04. The van der Waals surface area contributed by atoms with Crippen LogP contribution < -0.4 is 10.5 Å². The van der Waals surface area contributed by atoms with Gasteiger partial charge in [0.15, 0.2) is 0 Å². The van der Waals surface area contributed by atoms with E-state index in [-0.39, 0.29) is 0 Å². The molecular weight excluding hydrogens is 242 g/mol. The molecule has 0 amide bonds. The Hall–Kier alpha value is -2.43. The molecule has 0 unspecified atom stereocenters. The Morgan fingerprint density at radius 3 is 2.84 bits per heavy atom. The van der Waals surface area contributed by atoms with Crippen molar-refractivity contribution in [2.45, 2.75) is 13.3 Å². The average molecular weight is 259 g/mol. The monoisotopic (exact) mass is 259 g/mol. The molecule has 0 saturated carbocycles. The molecule has 5 nitrogen and oxygen atoms in total. The summed E-state index contributed by atoms with van der Waals surface area (Å²) in [6, 6.07) is 8.10. The molecule has 2 aromatic rings. The summed E-state index contributed by atoms with van der Waals surface area (Å²) in [5.41, 5.74) is 7.17. The molecular formula is C14H17N3O2. The Morgan fingerprint density at radius 2 is 2.21 bits per heavy atom. The Balaban J connectivity index is 2.46. The molecule has 1 aromatic carbocycles. The van der Waals surface area contributed by atoms with Crippen molar-refractivity contribution < 1.29 is 9.47 Å². The van der Waals surface area contributed by atoms with Gasteiger partial charge in [-0.25, -0.2) is 4.57 Å². The van der Waals surface area contributed by atoms with Crippen molar-refractivity contribution in [2.24, 2.45) is 5.73 Å². The van der Waals surface area contributed by atoms with Crippen LogP contribution in [-0.2, 0) is 4.74 Å². The summed E-state index contributed by atoms with van der Waals surface area (Å²) in [5, 5.41) is 0. The summed E-state index contributed by atoms with van der Waals surface area (Å²) in [6.07, 6.45) is 2.11. The molecule has 1 aromatic heterocycles. The first-order valence-corrected chi connectivity index (χ1v) is 6.00. The largest absolute Gasteiger partial charge is 0.468 e. The number of hydrogen-bond donors (Lipinski definition) is 1. The Labute approximate surface area is 111 Å². The van der Waals surface area contributed by atoms with Crippen LogP contribution in [0.3, 0.4) is 0 Å². The lowest BCUT2D eigenvalue weighted by atomic mass is 10.3. The number of rotatable bonds is 5. The van der Waals surface area contributed by atoms with Crippen LogP contribution in [0.25, 0.3) is 16.9 Å². The van der Waals surface area contributed by atoms with E-state index in [1.54, 1.807) is 11.7 Å². The van der Waals surface area contributed by atoms with E-state index < -0.39 is 0 Å². The lowest BCUT2D eigenvalue weighted by molar-refractivity contribution is 0.321. The van der Waals surface area contributed by atoms with Crippen LogP contribution in [0.15, 0.2) is 42.8 Å². The first kappa shape index (κ1) is 13.0. The van der Waals surface area contributed by atoms with Crippen molar-refractivity contribution in [1.29, 1.82) is 0 Å². The second-order valence-electron chi connectivity index (χ2n) is 3.90. The van der Waals surface area contributed by atoms with Gasteiger partial charge in [-0.3, -0.25) is 0 Å². The van der Waals surface area contributed by atoms with E-state index in [0.717, 1.165) is 11.0 Å². The van der Waals surface area contributed by atoms with Gasteiger partial charge in [-0.2, -0.15) is 4.98 Å². The normalized spacial score (nSPS) is 11.6. The number of aromatic nitrogens is 2. The highest BCUT2D eigenvalue weighted by atomic mass is 16.5. The maximum absolute atomic E-state index is 5.63. The van der Waals surface area contributed by atoms with Gasteiger partial charge in [0.2, 0.25) is 5.88 Å². The number of ether oxygens (including phenoxy) is 2. The maximum Gasteiger partial charge on any atom is 0.304 e. The third kappa shape index (κ3) is 2.40. The second-order valence-corrected chi connectivity index (χ2v) is 3.90. The van der Waals surface area contributed by atoms with Gasteiger partial charge in [-0.05, 0) is 18.7 Å². The molecule has 1 heterocycles. The number of methoxy groups -OCH3 is 1. The molecule has 0 aliphatic carbocycles. The summed E-state index contributed by atoms with van der Waals surface area (Å²) >= 11 is 0. The molecule has 0 radical (unpaired) electrons. The molecule has 0 aliphatic rings. The minimum absolute atomic E-state index is 0.407. The summed E-state index contributed by atoms with van der Waals surface area (Å²) in [7, 11) is 1.56. The van der Waals surface area contributed by atoms with Gasteiger partial charge in [-0.15, -0.1) is 0 Å². The highest BCUT2D eigenvalue weighted by Gasteiger charge is 2.14. The van der Waals surface area contributed by atoms with E-state index in [9.17, 15) is 0 Å². The summed E-state index contributed by atoms with van der Waals surface area (Å²) in [6.45, 7) is 5.87. The molecule has 19 heavy (non-hydrogen) atoms. The van der Waals surface area contributed by atoms with E-state index >= 15 is 0 Å². The molecule has 0 aliphatic heterocycles. The van der Waals surface area contributed by atoms with E-state index in [4.69, 9.17) is 15.2 Å². The molecule has 0 saturated heterocycles. The molecule has 0 bridgehead atoms. The highest BCUT2D eigenvalue weighted by molar-refractivity contribution is 5.80.